The molecular weight excluding hydrogens is 236 g/mol. The fraction of sp³-hybridized carbons (Fsp3) is 0.562. The zero-order valence-electron chi connectivity index (χ0n) is 12.1. The van der Waals surface area contributed by atoms with Gasteiger partial charge in [0, 0.05) is 24.2 Å². The van der Waals surface area contributed by atoms with Crippen molar-refractivity contribution in [1.29, 1.82) is 0 Å². The van der Waals surface area contributed by atoms with E-state index in [0.717, 1.165) is 29.7 Å². The van der Waals surface area contributed by atoms with Crippen LogP contribution in [0.25, 0.3) is 0 Å². The number of rotatable bonds is 3. The molecule has 0 radical (unpaired) electrons. The highest BCUT2D eigenvalue weighted by Crippen LogP contribution is 2.13. The Bertz CT molecular complexity index is 456. The fourth-order valence-electron chi connectivity index (χ4n) is 2.69. The molecule has 1 saturated heterocycles. The summed E-state index contributed by atoms with van der Waals surface area (Å²) in [4.78, 5) is 12.2. The van der Waals surface area contributed by atoms with Gasteiger partial charge in [0.25, 0.3) is 5.91 Å². The number of carbonyl (C=O) groups is 1. The smallest absolute Gasteiger partial charge is 0.251 e. The minimum Gasteiger partial charge on any atom is -0.350 e. The Balaban J connectivity index is 1.92. The number of nitrogens with one attached hydrogen (secondary N) is 2. The molecule has 2 rings (SSSR count). The number of aryl methyl sites for hydroxylation is 2. The summed E-state index contributed by atoms with van der Waals surface area (Å²) in [6, 6.07) is 6.98. The van der Waals surface area contributed by atoms with Crippen LogP contribution in [0.2, 0.25) is 0 Å². The van der Waals surface area contributed by atoms with E-state index in [9.17, 15) is 4.79 Å². The quantitative estimate of drug-likeness (QED) is 0.877. The second kappa shape index (κ2) is 6.20. The first-order valence-electron chi connectivity index (χ1n) is 7.18. The topological polar surface area (TPSA) is 41.1 Å². The molecule has 0 aromatic heterocycles. The van der Waals surface area contributed by atoms with Crippen LogP contribution in [0.15, 0.2) is 18.2 Å². The van der Waals surface area contributed by atoms with Gasteiger partial charge in [0.1, 0.15) is 0 Å². The Labute approximate surface area is 115 Å². The average Bonchev–Trinajstić information content (AvgIpc) is 2.39. The maximum Gasteiger partial charge on any atom is 0.251 e. The maximum atomic E-state index is 12.2. The van der Waals surface area contributed by atoms with Gasteiger partial charge >= 0.3 is 0 Å². The van der Waals surface area contributed by atoms with E-state index >= 15 is 0 Å². The second-order valence-electron chi connectivity index (χ2n) is 5.72. The van der Waals surface area contributed by atoms with Crippen LogP contribution in [0.4, 0.5) is 0 Å². The monoisotopic (exact) mass is 260 g/mol. The fourth-order valence-corrected chi connectivity index (χ4v) is 2.69. The number of benzene rings is 1. The molecule has 3 heteroatoms. The summed E-state index contributed by atoms with van der Waals surface area (Å²) in [6.07, 6.45) is 3.64. The number of hydrogen-bond acceptors (Lipinski definition) is 2. The molecule has 2 N–H and O–H groups in total. The average molecular weight is 260 g/mol. The van der Waals surface area contributed by atoms with E-state index < -0.39 is 0 Å². The van der Waals surface area contributed by atoms with E-state index in [1.54, 1.807) is 0 Å². The third-order valence-corrected chi connectivity index (χ3v) is 3.86. The standard InChI is InChI=1S/C16H24N2O/c1-11-7-8-12(2)15(9-11)16(19)17-10-14-6-4-5-13(3)18-14/h7-9,13-14,18H,4-6,10H2,1-3H3,(H,17,19). The van der Waals surface area contributed by atoms with Crippen LogP contribution in [0, 0.1) is 13.8 Å². The highest BCUT2D eigenvalue weighted by Gasteiger charge is 2.18. The van der Waals surface area contributed by atoms with Crippen LogP contribution in [-0.4, -0.2) is 24.5 Å². The van der Waals surface area contributed by atoms with E-state index in [-0.39, 0.29) is 5.91 Å². The van der Waals surface area contributed by atoms with E-state index in [1.165, 1.54) is 12.8 Å². The predicted octanol–water partition coefficient (Wildman–Crippen LogP) is 2.56. The van der Waals surface area contributed by atoms with Crippen molar-refractivity contribution < 1.29 is 4.79 Å². The molecule has 3 nitrogen and oxygen atoms in total. The molecule has 2 atom stereocenters. The molecule has 0 bridgehead atoms. The Morgan fingerprint density at radius 3 is 2.89 bits per heavy atom. The summed E-state index contributed by atoms with van der Waals surface area (Å²) in [7, 11) is 0. The Kier molecular flexibility index (Phi) is 4.59. The lowest BCUT2D eigenvalue weighted by molar-refractivity contribution is 0.0945. The maximum absolute atomic E-state index is 12.2. The molecule has 1 heterocycles. The van der Waals surface area contributed by atoms with Crippen LogP contribution in [0.3, 0.4) is 0 Å². The van der Waals surface area contributed by atoms with Crippen molar-refractivity contribution in [3.05, 3.63) is 34.9 Å². The minimum atomic E-state index is 0.0428. The van der Waals surface area contributed by atoms with Gasteiger partial charge in [-0.25, -0.2) is 0 Å². The first-order valence-corrected chi connectivity index (χ1v) is 7.18. The van der Waals surface area contributed by atoms with Crippen molar-refractivity contribution in [2.75, 3.05) is 6.54 Å². The van der Waals surface area contributed by atoms with Crippen LogP contribution in [-0.2, 0) is 0 Å². The summed E-state index contributed by atoms with van der Waals surface area (Å²) < 4.78 is 0. The lowest BCUT2D eigenvalue weighted by Gasteiger charge is -2.28. The Hall–Kier alpha value is -1.35. The highest BCUT2D eigenvalue weighted by atomic mass is 16.1. The molecular formula is C16H24N2O. The zero-order valence-corrected chi connectivity index (χ0v) is 12.1. The van der Waals surface area contributed by atoms with Gasteiger partial charge in [-0.1, -0.05) is 24.1 Å². The van der Waals surface area contributed by atoms with Crippen LogP contribution in [0.5, 0.6) is 0 Å². The zero-order chi connectivity index (χ0) is 13.8. The van der Waals surface area contributed by atoms with Crippen molar-refractivity contribution >= 4 is 5.91 Å². The molecule has 1 fully saturated rings. The van der Waals surface area contributed by atoms with Gasteiger partial charge in [-0.05, 0) is 45.2 Å². The predicted molar refractivity (Wildman–Crippen MR) is 78.5 cm³/mol. The first kappa shape index (κ1) is 14.1. The number of piperidine rings is 1. The molecule has 0 spiro atoms. The van der Waals surface area contributed by atoms with E-state index in [0.29, 0.717) is 12.1 Å². The van der Waals surface area contributed by atoms with E-state index in [2.05, 4.69) is 17.6 Å². The molecule has 2 unspecified atom stereocenters. The van der Waals surface area contributed by atoms with Gasteiger partial charge in [0.05, 0.1) is 0 Å². The van der Waals surface area contributed by atoms with Gasteiger partial charge in [-0.2, -0.15) is 0 Å². The molecule has 1 amide bonds. The van der Waals surface area contributed by atoms with E-state index in [1.807, 2.05) is 32.0 Å². The summed E-state index contributed by atoms with van der Waals surface area (Å²) in [5, 5.41) is 6.59. The lowest BCUT2D eigenvalue weighted by Crippen LogP contribution is -2.47. The van der Waals surface area contributed by atoms with Gasteiger partial charge in [0.2, 0.25) is 0 Å². The van der Waals surface area contributed by atoms with Gasteiger partial charge in [-0.15, -0.1) is 0 Å². The minimum absolute atomic E-state index is 0.0428. The third-order valence-electron chi connectivity index (χ3n) is 3.86. The summed E-state index contributed by atoms with van der Waals surface area (Å²) in [5.41, 5.74) is 2.96. The van der Waals surface area contributed by atoms with E-state index in [4.69, 9.17) is 0 Å². The van der Waals surface area contributed by atoms with Crippen LogP contribution >= 0.6 is 0 Å². The van der Waals surface area contributed by atoms with Crippen molar-refractivity contribution in [2.24, 2.45) is 0 Å². The molecule has 1 aromatic carbocycles. The Morgan fingerprint density at radius 1 is 1.37 bits per heavy atom. The van der Waals surface area contributed by atoms with Crippen molar-refractivity contribution in [2.45, 2.75) is 52.1 Å². The molecule has 0 saturated carbocycles. The number of hydrogen-bond donors (Lipinski definition) is 2. The number of carbonyl (C=O) groups excluding carboxylic acids is 1. The Morgan fingerprint density at radius 2 is 2.16 bits per heavy atom. The molecule has 19 heavy (non-hydrogen) atoms. The lowest BCUT2D eigenvalue weighted by atomic mass is 9.99. The third kappa shape index (κ3) is 3.80. The van der Waals surface area contributed by atoms with Crippen molar-refractivity contribution in [3.8, 4) is 0 Å². The van der Waals surface area contributed by atoms with Crippen molar-refractivity contribution in [3.63, 3.8) is 0 Å². The first-order chi connectivity index (χ1) is 9.06. The molecule has 104 valence electrons. The molecule has 1 aliphatic heterocycles. The largest absolute Gasteiger partial charge is 0.350 e. The van der Waals surface area contributed by atoms with Gasteiger partial charge in [-0.3, -0.25) is 4.79 Å². The van der Waals surface area contributed by atoms with Crippen LogP contribution in [0.1, 0.15) is 47.7 Å². The van der Waals surface area contributed by atoms with Crippen molar-refractivity contribution in [1.82, 2.24) is 10.6 Å². The molecule has 0 aliphatic carbocycles. The second-order valence-corrected chi connectivity index (χ2v) is 5.72. The molecule has 1 aliphatic rings. The normalized spacial score (nSPS) is 23.1. The summed E-state index contributed by atoms with van der Waals surface area (Å²) in [6.45, 7) is 6.92. The van der Waals surface area contributed by atoms with Crippen LogP contribution < -0.4 is 10.6 Å². The molecule has 1 aromatic rings. The SMILES string of the molecule is Cc1ccc(C)c(C(=O)NCC2CCCC(C)N2)c1. The summed E-state index contributed by atoms with van der Waals surface area (Å²) in [5.74, 6) is 0.0428. The highest BCUT2D eigenvalue weighted by molar-refractivity contribution is 5.95. The van der Waals surface area contributed by atoms with Gasteiger partial charge in [0.15, 0.2) is 0 Å². The number of amides is 1. The van der Waals surface area contributed by atoms with Gasteiger partial charge < -0.3 is 10.6 Å². The summed E-state index contributed by atoms with van der Waals surface area (Å²) >= 11 is 0.